The highest BCUT2D eigenvalue weighted by Gasteiger charge is 2.25. The number of hydrogen-bond acceptors (Lipinski definition) is 7. The lowest BCUT2D eigenvalue weighted by molar-refractivity contribution is -0.870. The number of carboxylic acid groups (broad SMARTS) is 1. The van der Waals surface area contributed by atoms with E-state index in [1.54, 1.807) is 0 Å². The molecule has 0 rings (SSSR count). The van der Waals surface area contributed by atoms with E-state index in [0.29, 0.717) is 17.4 Å². The lowest BCUT2D eigenvalue weighted by atomic mass is 10.0. The Labute approximate surface area is 572 Å². The van der Waals surface area contributed by atoms with Gasteiger partial charge in [0.1, 0.15) is 13.2 Å². The van der Waals surface area contributed by atoms with Crippen molar-refractivity contribution in [1.82, 2.24) is 0 Å². The third-order valence-electron chi connectivity index (χ3n) is 15.8. The maximum Gasteiger partial charge on any atom is 0.361 e. The monoisotopic (exact) mass is 1290 g/mol. The lowest BCUT2D eigenvalue weighted by Crippen LogP contribution is -2.40. The van der Waals surface area contributed by atoms with E-state index in [1.807, 2.05) is 21.1 Å². The molecule has 0 saturated carbocycles. The van der Waals surface area contributed by atoms with E-state index in [0.717, 1.165) is 116 Å². The number of unbranched alkanes of at least 4 members (excludes halogenated alkanes) is 27. The molecule has 0 amide bonds. The normalized spacial score (nSPS) is 13.6. The molecule has 0 heterocycles. The van der Waals surface area contributed by atoms with Gasteiger partial charge in [-0.25, -0.2) is 4.79 Å². The molecule has 0 aromatic carbocycles. The molecule has 0 bridgehead atoms. The molecule has 9 nitrogen and oxygen atoms in total. The first-order valence-corrected chi connectivity index (χ1v) is 37.6. The predicted octanol–water partition coefficient (Wildman–Crippen LogP) is 24.0. The molecule has 0 saturated heterocycles. The summed E-state index contributed by atoms with van der Waals surface area (Å²) in [5.74, 6) is -2.06. The van der Waals surface area contributed by atoms with Gasteiger partial charge >= 0.3 is 17.9 Å². The number of carbonyl (C=O) groups excluding carboxylic acids is 2. The molecule has 528 valence electrons. The minimum Gasteiger partial charge on any atom is -0.477 e. The number of rotatable bonds is 68. The van der Waals surface area contributed by atoms with Crippen LogP contribution in [0.3, 0.4) is 0 Å². The fourth-order valence-corrected chi connectivity index (χ4v) is 10.1. The van der Waals surface area contributed by atoms with Gasteiger partial charge in [0, 0.05) is 12.8 Å². The molecular weight excluding hydrogens is 1150 g/mol. The van der Waals surface area contributed by atoms with Crippen molar-refractivity contribution in [3.05, 3.63) is 158 Å². The highest BCUT2D eigenvalue weighted by atomic mass is 16.7. The summed E-state index contributed by atoms with van der Waals surface area (Å²) in [6, 6.07) is 0. The van der Waals surface area contributed by atoms with Gasteiger partial charge in [0.2, 0.25) is 0 Å². The Bertz CT molecular complexity index is 2090. The molecule has 93 heavy (non-hydrogen) atoms. The van der Waals surface area contributed by atoms with E-state index < -0.39 is 24.3 Å². The van der Waals surface area contributed by atoms with Crippen LogP contribution in [-0.4, -0.2) is 87.4 Å². The van der Waals surface area contributed by atoms with Gasteiger partial charge in [-0.05, 0) is 128 Å². The maximum atomic E-state index is 13.0. The van der Waals surface area contributed by atoms with Gasteiger partial charge in [-0.15, -0.1) is 0 Å². The van der Waals surface area contributed by atoms with Gasteiger partial charge in [0.15, 0.2) is 6.10 Å². The van der Waals surface area contributed by atoms with E-state index in [4.69, 9.17) is 18.9 Å². The molecule has 1 N–H and O–H groups in total. The van der Waals surface area contributed by atoms with Gasteiger partial charge in [-0.1, -0.05) is 313 Å². The summed E-state index contributed by atoms with van der Waals surface area (Å²) in [5, 5.41) is 9.76. The van der Waals surface area contributed by atoms with Crippen LogP contribution in [0.25, 0.3) is 0 Å². The molecule has 0 aromatic rings. The Morgan fingerprint density at radius 1 is 0.333 bits per heavy atom. The van der Waals surface area contributed by atoms with Crippen molar-refractivity contribution in [1.29, 1.82) is 0 Å². The van der Waals surface area contributed by atoms with Crippen LogP contribution in [0, 0.1) is 0 Å². The third-order valence-corrected chi connectivity index (χ3v) is 15.8. The van der Waals surface area contributed by atoms with Crippen molar-refractivity contribution in [3.63, 3.8) is 0 Å². The van der Waals surface area contributed by atoms with Gasteiger partial charge < -0.3 is 28.5 Å². The smallest absolute Gasteiger partial charge is 0.361 e. The first-order valence-electron chi connectivity index (χ1n) is 37.6. The summed E-state index contributed by atoms with van der Waals surface area (Å²) in [5.41, 5.74) is 0. The highest BCUT2D eigenvalue weighted by molar-refractivity contribution is 5.71. The summed E-state index contributed by atoms with van der Waals surface area (Å²) < 4.78 is 23.0. The van der Waals surface area contributed by atoms with Crippen LogP contribution >= 0.6 is 0 Å². The maximum absolute atomic E-state index is 13.0. The van der Waals surface area contributed by atoms with E-state index in [9.17, 15) is 19.5 Å². The van der Waals surface area contributed by atoms with Crippen LogP contribution in [0.5, 0.6) is 0 Å². The van der Waals surface area contributed by atoms with Gasteiger partial charge in [0.05, 0.1) is 34.4 Å². The zero-order valence-electron chi connectivity index (χ0n) is 60.4. The zero-order valence-corrected chi connectivity index (χ0v) is 60.4. The summed E-state index contributed by atoms with van der Waals surface area (Å²) in [4.78, 5) is 37.7. The quantitative estimate of drug-likeness (QED) is 0.0211. The van der Waals surface area contributed by atoms with Crippen LogP contribution in [0.2, 0.25) is 0 Å². The molecule has 2 unspecified atom stereocenters. The second-order valence-corrected chi connectivity index (χ2v) is 25.9. The number of carboxylic acids is 1. The third kappa shape index (κ3) is 74.2. The van der Waals surface area contributed by atoms with Crippen molar-refractivity contribution in [2.75, 3.05) is 47.5 Å². The topological polar surface area (TPSA) is 108 Å². The zero-order chi connectivity index (χ0) is 67.5. The first kappa shape index (κ1) is 87.9. The molecule has 0 radical (unpaired) electrons. The minimum absolute atomic E-state index is 0.174. The number of nitrogens with zero attached hydrogens (tertiary/aromatic N) is 1. The SMILES string of the molecule is CC/C=C\C/C=C\C/C=C\C/C=C\C/C=C\C/C=C\C/C=C\C/C=C\C/C=C\C/C=C\C/C=C\CCCCCC(=O)OC(COC(=O)CCCCCCCCCCCCCCCCCCCCC/C=C\C/C=C\CCCCCCC)COC(OCC[N+](C)(C)C)C(=O)O. The summed E-state index contributed by atoms with van der Waals surface area (Å²) in [6.45, 7) is 4.72. The summed E-state index contributed by atoms with van der Waals surface area (Å²) in [6.07, 6.45) is 105. The fraction of sp³-hybridized carbons (Fsp3) is 0.655. The molecule has 0 aliphatic carbocycles. The van der Waals surface area contributed by atoms with Crippen molar-refractivity contribution < 1.29 is 42.9 Å². The summed E-state index contributed by atoms with van der Waals surface area (Å²) >= 11 is 0. The van der Waals surface area contributed by atoms with Crippen LogP contribution < -0.4 is 0 Å². The number of quaternary nitrogens is 1. The number of likely N-dealkylation sites (N-methyl/N-ethyl adjacent to an activating group) is 1. The second kappa shape index (κ2) is 72.7. The van der Waals surface area contributed by atoms with Gasteiger partial charge in [0.25, 0.3) is 6.29 Å². The van der Waals surface area contributed by atoms with Crippen molar-refractivity contribution in [2.45, 2.75) is 309 Å². The number of esters is 2. The van der Waals surface area contributed by atoms with Crippen LogP contribution in [0.4, 0.5) is 0 Å². The predicted molar refractivity (Wildman–Crippen MR) is 400 cm³/mol. The van der Waals surface area contributed by atoms with Crippen molar-refractivity contribution in [2.24, 2.45) is 0 Å². The van der Waals surface area contributed by atoms with E-state index >= 15 is 0 Å². The largest absolute Gasteiger partial charge is 0.477 e. The van der Waals surface area contributed by atoms with E-state index in [-0.39, 0.29) is 38.6 Å². The highest BCUT2D eigenvalue weighted by Crippen LogP contribution is 2.17. The number of allylic oxidation sites excluding steroid dienone is 26. The van der Waals surface area contributed by atoms with E-state index in [2.05, 4.69) is 172 Å². The van der Waals surface area contributed by atoms with Crippen molar-refractivity contribution >= 4 is 17.9 Å². The molecule has 0 spiro atoms. The average molecular weight is 1290 g/mol. The minimum atomic E-state index is -1.53. The molecule has 0 aliphatic heterocycles. The number of aliphatic carboxylic acids is 1. The Hall–Kier alpha value is -5.09. The lowest BCUT2D eigenvalue weighted by Gasteiger charge is -2.25. The van der Waals surface area contributed by atoms with Crippen LogP contribution in [-0.2, 0) is 33.3 Å². The van der Waals surface area contributed by atoms with Crippen molar-refractivity contribution in [3.8, 4) is 0 Å². The molecule has 0 fully saturated rings. The number of ether oxygens (including phenoxy) is 4. The first-order chi connectivity index (χ1) is 45.6. The molecule has 9 heteroatoms. The number of hydrogen-bond donors (Lipinski definition) is 1. The average Bonchev–Trinajstić information content (AvgIpc) is 3.73. The molecule has 0 aromatic heterocycles. The Morgan fingerprint density at radius 2 is 0.613 bits per heavy atom. The van der Waals surface area contributed by atoms with Crippen LogP contribution in [0.15, 0.2) is 158 Å². The fourth-order valence-electron chi connectivity index (χ4n) is 10.1. The van der Waals surface area contributed by atoms with Crippen LogP contribution in [0.1, 0.15) is 296 Å². The molecular formula is C84H140NO8+. The second-order valence-electron chi connectivity index (χ2n) is 25.9. The molecule has 2 atom stereocenters. The Balaban J connectivity index is 4.20. The Morgan fingerprint density at radius 3 is 0.925 bits per heavy atom. The molecule has 0 aliphatic rings. The van der Waals surface area contributed by atoms with Gasteiger partial charge in [-0.2, -0.15) is 0 Å². The Kier molecular flexibility index (Phi) is 68.8. The number of carbonyl (C=O) groups is 3. The summed E-state index contributed by atoms with van der Waals surface area (Å²) in [7, 11) is 5.96. The van der Waals surface area contributed by atoms with E-state index in [1.165, 1.54) is 148 Å². The van der Waals surface area contributed by atoms with Gasteiger partial charge in [-0.3, -0.25) is 9.59 Å². The standard InChI is InChI=1S/C84H139NO8/c1-6-8-10-12-14-16-18-20-22-24-26-28-30-32-34-36-38-39-40-41-42-43-45-47-49-51-53-55-57-59-61-63-65-67-69-71-73-75-82(87)93-80(79-92-84(83(88)89)90-77-76-85(3,4)5)78-91-81(86)74-72-70-68-66-64-62-60-58-56-54-52-50-48-46-44-37-35-33-31-29-27-25-23-21-19-17-15-13-11-9-7-2/h8,10,14,16,19-22,25-28,32,34,38-39,41-42,45,47,51,53,57,59,63,65,80,84H,6-7,9,11-13,15,17-18,23-24,29-31,33,35-37,40,43-44,46,48-50,52,54-56,58,60-62,64,66-79H2,1-5H3/p+1/b10-8-,16-14-,21-19-,22-20-,27-25-,28-26-,34-32-,39-38-,42-41-,47-45-,53-51-,59-57-,65-63-.